The van der Waals surface area contributed by atoms with Gasteiger partial charge in [-0.3, -0.25) is 4.98 Å². The van der Waals surface area contributed by atoms with E-state index in [1.54, 1.807) is 0 Å². The molecule has 3 rings (SSSR count). The quantitative estimate of drug-likeness (QED) is 0.166. The van der Waals surface area contributed by atoms with Crippen molar-refractivity contribution in [3.8, 4) is 39.9 Å². The first-order valence-electron chi connectivity index (χ1n) is 16.6. The average molecular weight is 622 g/mol. The zero-order valence-corrected chi connectivity index (χ0v) is 31.4. The molecular weight excluding hydrogens is 567 g/mol. The second kappa shape index (κ2) is 15.3. The van der Waals surface area contributed by atoms with Gasteiger partial charge in [0, 0.05) is 22.9 Å². The maximum absolute atomic E-state index is 6.48. The Morgan fingerprint density at radius 3 is 1.41 bits per heavy atom. The lowest BCUT2D eigenvalue weighted by Gasteiger charge is -2.38. The molecular formula is C40H55NOSi2. The van der Waals surface area contributed by atoms with Crippen molar-refractivity contribution in [2.24, 2.45) is 0 Å². The SMILES string of the molecule is CC(C)[Si](C#Cc1cc(OCc2ccccc2)cc(C#C[Si](C(C)C)(C(C)C)C(C)C)c1-c1ccccn1)(C(C)C)C(C)C. The fraction of sp³-hybridized carbons (Fsp3) is 0.475. The summed E-state index contributed by atoms with van der Waals surface area (Å²) in [5.74, 6) is 8.36. The lowest BCUT2D eigenvalue weighted by Crippen LogP contribution is -2.43. The van der Waals surface area contributed by atoms with E-state index in [1.807, 2.05) is 18.3 Å². The molecule has 1 aromatic heterocycles. The van der Waals surface area contributed by atoms with Crippen molar-refractivity contribution in [3.05, 3.63) is 83.6 Å². The first-order valence-corrected chi connectivity index (χ1v) is 21.1. The Balaban J connectivity index is 2.39. The molecule has 2 nitrogen and oxygen atoms in total. The molecule has 0 radical (unpaired) electrons. The lowest BCUT2D eigenvalue weighted by atomic mass is 9.97. The second-order valence-electron chi connectivity index (χ2n) is 14.2. The van der Waals surface area contributed by atoms with Crippen LogP contribution in [-0.2, 0) is 6.61 Å². The highest BCUT2D eigenvalue weighted by Crippen LogP contribution is 2.42. The van der Waals surface area contributed by atoms with E-state index in [0.29, 0.717) is 39.9 Å². The van der Waals surface area contributed by atoms with E-state index in [0.717, 1.165) is 33.7 Å². The molecule has 2 aromatic carbocycles. The Morgan fingerprint density at radius 2 is 1.02 bits per heavy atom. The van der Waals surface area contributed by atoms with Crippen LogP contribution < -0.4 is 4.74 Å². The molecule has 0 amide bonds. The fourth-order valence-electron chi connectivity index (χ4n) is 7.64. The van der Waals surface area contributed by atoms with Gasteiger partial charge in [-0.1, -0.05) is 131 Å². The van der Waals surface area contributed by atoms with Gasteiger partial charge >= 0.3 is 0 Å². The molecule has 0 spiro atoms. The number of rotatable bonds is 10. The molecule has 0 bridgehead atoms. The second-order valence-corrected chi connectivity index (χ2v) is 25.3. The molecule has 3 aromatic rings. The normalized spacial score (nSPS) is 12.1. The van der Waals surface area contributed by atoms with Crippen LogP contribution in [-0.4, -0.2) is 21.1 Å². The summed E-state index contributed by atoms with van der Waals surface area (Å²) in [5.41, 5.74) is 16.2. The number of hydrogen-bond donors (Lipinski definition) is 0. The van der Waals surface area contributed by atoms with Gasteiger partial charge < -0.3 is 4.74 Å². The molecule has 0 atom stereocenters. The van der Waals surface area contributed by atoms with Gasteiger partial charge in [0.05, 0.1) is 5.69 Å². The van der Waals surface area contributed by atoms with Gasteiger partial charge in [0.15, 0.2) is 0 Å². The maximum Gasteiger partial charge on any atom is 0.146 e. The number of aromatic nitrogens is 1. The molecule has 0 saturated carbocycles. The summed E-state index contributed by atoms with van der Waals surface area (Å²) in [4.78, 5) is 4.84. The summed E-state index contributed by atoms with van der Waals surface area (Å²) in [5, 5.41) is 0. The van der Waals surface area contributed by atoms with Crippen LogP contribution in [0.4, 0.5) is 0 Å². The van der Waals surface area contributed by atoms with Crippen LogP contribution in [0.1, 0.15) is 99.8 Å². The van der Waals surface area contributed by atoms with Crippen LogP contribution in [0.3, 0.4) is 0 Å². The molecule has 0 aliphatic carbocycles. The number of nitrogens with zero attached hydrogens (tertiary/aromatic N) is 1. The molecule has 0 aliphatic rings. The molecule has 0 N–H and O–H groups in total. The highest BCUT2D eigenvalue weighted by molar-refractivity contribution is 6.91. The minimum atomic E-state index is -1.98. The van der Waals surface area contributed by atoms with E-state index < -0.39 is 16.1 Å². The van der Waals surface area contributed by atoms with Gasteiger partial charge in [0.2, 0.25) is 0 Å². The molecule has 234 valence electrons. The number of benzene rings is 2. The van der Waals surface area contributed by atoms with Crippen molar-refractivity contribution in [2.45, 2.75) is 123 Å². The zero-order valence-electron chi connectivity index (χ0n) is 29.4. The first kappa shape index (κ1) is 35.4. The molecule has 44 heavy (non-hydrogen) atoms. The van der Waals surface area contributed by atoms with E-state index in [1.165, 1.54) is 0 Å². The van der Waals surface area contributed by atoms with Gasteiger partial charge in [0.25, 0.3) is 0 Å². The topological polar surface area (TPSA) is 22.1 Å². The number of pyridine rings is 1. The molecule has 0 unspecified atom stereocenters. The van der Waals surface area contributed by atoms with Crippen LogP contribution in [0.2, 0.25) is 33.2 Å². The summed E-state index contributed by atoms with van der Waals surface area (Å²) < 4.78 is 6.48. The van der Waals surface area contributed by atoms with Gasteiger partial charge in [-0.25, -0.2) is 0 Å². The van der Waals surface area contributed by atoms with Crippen molar-refractivity contribution in [1.29, 1.82) is 0 Å². The number of hydrogen-bond acceptors (Lipinski definition) is 2. The van der Waals surface area contributed by atoms with E-state index in [9.17, 15) is 0 Å². The van der Waals surface area contributed by atoms with Crippen LogP contribution >= 0.6 is 0 Å². The van der Waals surface area contributed by atoms with E-state index in [2.05, 4.69) is 155 Å². The minimum Gasteiger partial charge on any atom is -0.489 e. The van der Waals surface area contributed by atoms with Crippen LogP contribution in [0.5, 0.6) is 5.75 Å². The Kier molecular flexibility index (Phi) is 12.3. The summed E-state index contributed by atoms with van der Waals surface area (Å²) >= 11 is 0. The van der Waals surface area contributed by atoms with Crippen LogP contribution in [0.15, 0.2) is 66.9 Å². The number of ether oxygens (including phenoxy) is 1. The predicted octanol–water partition coefficient (Wildman–Crippen LogP) is 11.5. The smallest absolute Gasteiger partial charge is 0.146 e. The Bertz CT molecular complexity index is 1370. The first-order chi connectivity index (χ1) is 20.8. The molecule has 4 heteroatoms. The molecule has 0 aliphatic heterocycles. The van der Waals surface area contributed by atoms with Gasteiger partial charge in [0.1, 0.15) is 28.5 Å². The third-order valence-electron chi connectivity index (χ3n) is 9.84. The van der Waals surface area contributed by atoms with Crippen molar-refractivity contribution in [3.63, 3.8) is 0 Å². The monoisotopic (exact) mass is 621 g/mol. The zero-order chi connectivity index (χ0) is 32.7. The van der Waals surface area contributed by atoms with Crippen molar-refractivity contribution >= 4 is 16.1 Å². The summed E-state index contributed by atoms with van der Waals surface area (Å²) in [7, 11) is -3.97. The molecule has 0 fully saturated rings. The minimum absolute atomic E-state index is 0.495. The van der Waals surface area contributed by atoms with Gasteiger partial charge in [-0.15, -0.1) is 11.1 Å². The maximum atomic E-state index is 6.48. The van der Waals surface area contributed by atoms with Crippen molar-refractivity contribution in [1.82, 2.24) is 4.98 Å². The summed E-state index contributed by atoms with van der Waals surface area (Å²) in [6, 6.07) is 20.7. The third-order valence-corrected chi connectivity index (χ3v) is 22.4. The third kappa shape index (κ3) is 7.59. The molecule has 1 heterocycles. The lowest BCUT2D eigenvalue weighted by molar-refractivity contribution is 0.306. The Hall–Kier alpha value is -3.06. The Morgan fingerprint density at radius 1 is 0.591 bits per heavy atom. The van der Waals surface area contributed by atoms with Gasteiger partial charge in [-0.2, -0.15) is 0 Å². The van der Waals surface area contributed by atoms with Crippen LogP contribution in [0, 0.1) is 22.9 Å². The van der Waals surface area contributed by atoms with E-state index in [-0.39, 0.29) is 0 Å². The predicted molar refractivity (Wildman–Crippen MR) is 196 cm³/mol. The van der Waals surface area contributed by atoms with E-state index >= 15 is 0 Å². The van der Waals surface area contributed by atoms with Crippen molar-refractivity contribution < 1.29 is 4.74 Å². The van der Waals surface area contributed by atoms with Crippen molar-refractivity contribution in [2.75, 3.05) is 0 Å². The summed E-state index contributed by atoms with van der Waals surface area (Å²) in [6.07, 6.45) is 1.87. The average Bonchev–Trinajstić information content (AvgIpc) is 2.96. The standard InChI is InChI=1S/C40H55NOSi2/c1-29(2)43(30(3)4,31(5)6)24-21-36-26-38(42-28-35-18-14-13-15-19-35)27-37(40(36)39-20-16-17-23-41-39)22-25-44(32(7)8,33(9)10)34(11)12/h13-20,23,26-27,29-34H,28H2,1-12H3. The fourth-order valence-corrected chi connectivity index (χ4v) is 18.1. The highest BCUT2D eigenvalue weighted by atomic mass is 28.3. The van der Waals surface area contributed by atoms with Crippen LogP contribution in [0.25, 0.3) is 11.3 Å². The Labute approximate surface area is 271 Å². The summed E-state index contributed by atoms with van der Waals surface area (Å²) in [6.45, 7) is 28.9. The largest absolute Gasteiger partial charge is 0.489 e. The van der Waals surface area contributed by atoms with E-state index in [4.69, 9.17) is 9.72 Å². The molecule has 0 saturated heterocycles. The highest BCUT2D eigenvalue weighted by Gasteiger charge is 2.42. The van der Waals surface area contributed by atoms with Gasteiger partial charge in [-0.05, 0) is 63.1 Å².